The predicted molar refractivity (Wildman–Crippen MR) is 58.5 cm³/mol. The van der Waals surface area contributed by atoms with Gasteiger partial charge in [-0.15, -0.1) is 0 Å². The molecule has 1 aliphatic rings. The number of nitrogens with zero attached hydrogens (tertiary/aromatic N) is 1. The Kier molecular flexibility index (Phi) is 4.77. The Morgan fingerprint density at radius 2 is 1.79 bits per heavy atom. The van der Waals surface area contributed by atoms with E-state index in [1.165, 1.54) is 0 Å². The third-order valence-electron chi connectivity index (χ3n) is 2.72. The normalized spacial score (nSPS) is 18.9. The number of amides is 1. The summed E-state index contributed by atoms with van der Waals surface area (Å²) in [5.41, 5.74) is 0. The van der Waals surface area contributed by atoms with Crippen LogP contribution in [0.4, 0.5) is 17.6 Å². The van der Waals surface area contributed by atoms with E-state index in [-0.39, 0.29) is 25.9 Å². The first-order valence-electron chi connectivity index (χ1n) is 5.46. The summed E-state index contributed by atoms with van der Waals surface area (Å²) < 4.78 is 73.9. The maximum absolute atomic E-state index is 12.8. The van der Waals surface area contributed by atoms with Crippen molar-refractivity contribution in [3.8, 4) is 0 Å². The highest BCUT2D eigenvalue weighted by atomic mass is 32.2. The van der Waals surface area contributed by atoms with Crippen LogP contribution in [0.15, 0.2) is 0 Å². The number of nitrogens with one attached hydrogen (secondary N) is 1. The van der Waals surface area contributed by atoms with E-state index in [1.807, 2.05) is 0 Å². The van der Waals surface area contributed by atoms with Crippen LogP contribution in [-0.2, 0) is 14.8 Å². The summed E-state index contributed by atoms with van der Waals surface area (Å²) in [5.74, 6) is -6.61. The van der Waals surface area contributed by atoms with E-state index in [2.05, 4.69) is 4.72 Å². The molecule has 0 aromatic heterocycles. The van der Waals surface area contributed by atoms with E-state index in [0.717, 1.165) is 6.26 Å². The first-order chi connectivity index (χ1) is 8.54. The number of likely N-dealkylation sites (tertiary alicyclic amines) is 1. The van der Waals surface area contributed by atoms with Crippen LogP contribution in [0, 0.1) is 0 Å². The molecule has 1 amide bonds. The first-order valence-corrected chi connectivity index (χ1v) is 7.36. The quantitative estimate of drug-likeness (QED) is 0.766. The molecule has 1 N–H and O–H groups in total. The van der Waals surface area contributed by atoms with E-state index < -0.39 is 34.3 Å². The van der Waals surface area contributed by atoms with Crippen LogP contribution in [-0.4, -0.2) is 57.0 Å². The summed E-state index contributed by atoms with van der Waals surface area (Å²) in [7, 11) is -3.42. The van der Waals surface area contributed by atoms with Gasteiger partial charge in [0, 0.05) is 19.1 Å². The van der Waals surface area contributed by atoms with Gasteiger partial charge in [0.15, 0.2) is 0 Å². The minimum atomic E-state index is -4.70. The monoisotopic (exact) mass is 306 g/mol. The second-order valence-corrected chi connectivity index (χ2v) is 6.16. The third kappa shape index (κ3) is 4.30. The summed E-state index contributed by atoms with van der Waals surface area (Å²) in [5, 5.41) is 0. The molecular formula is C9H14F4N2O3S. The standard InChI is InChI=1S/C9H14F4N2O3S/c1-19(17,18)14-6-2-4-15(5-3-6)8(16)9(12,13)7(10)11/h6-7,14H,2-5H2,1H3. The summed E-state index contributed by atoms with van der Waals surface area (Å²) in [4.78, 5) is 11.8. The fourth-order valence-corrected chi connectivity index (χ4v) is 2.65. The van der Waals surface area contributed by atoms with E-state index in [0.29, 0.717) is 4.90 Å². The molecule has 0 atom stereocenters. The lowest BCUT2D eigenvalue weighted by Gasteiger charge is -2.33. The number of carbonyl (C=O) groups excluding carboxylic acids is 1. The molecule has 0 spiro atoms. The third-order valence-corrected chi connectivity index (χ3v) is 3.48. The molecule has 19 heavy (non-hydrogen) atoms. The molecule has 0 radical (unpaired) electrons. The first kappa shape index (κ1) is 16.2. The van der Waals surface area contributed by atoms with Gasteiger partial charge in [0.1, 0.15) is 0 Å². The van der Waals surface area contributed by atoms with Crippen molar-refractivity contribution in [2.75, 3.05) is 19.3 Å². The van der Waals surface area contributed by atoms with Gasteiger partial charge in [0.25, 0.3) is 5.91 Å². The van der Waals surface area contributed by atoms with Crippen LogP contribution in [0.3, 0.4) is 0 Å². The Morgan fingerprint density at radius 1 is 1.32 bits per heavy atom. The van der Waals surface area contributed by atoms with Crippen LogP contribution in [0.25, 0.3) is 0 Å². The minimum absolute atomic E-state index is 0.109. The molecular weight excluding hydrogens is 292 g/mol. The van der Waals surface area contributed by atoms with Crippen LogP contribution in [0.5, 0.6) is 0 Å². The Hall–Kier alpha value is -0.900. The number of hydrogen-bond acceptors (Lipinski definition) is 3. The predicted octanol–water partition coefficient (Wildman–Crippen LogP) is 0.427. The average molecular weight is 306 g/mol. The average Bonchev–Trinajstić information content (AvgIpc) is 2.26. The zero-order valence-corrected chi connectivity index (χ0v) is 10.9. The van der Waals surface area contributed by atoms with Gasteiger partial charge in [-0.25, -0.2) is 21.9 Å². The highest BCUT2D eigenvalue weighted by Crippen LogP contribution is 2.27. The lowest BCUT2D eigenvalue weighted by atomic mass is 10.1. The molecule has 1 saturated heterocycles. The Labute approximate surface area is 108 Å². The number of sulfonamides is 1. The lowest BCUT2D eigenvalue weighted by Crippen LogP contribution is -2.52. The fourth-order valence-electron chi connectivity index (χ4n) is 1.81. The lowest BCUT2D eigenvalue weighted by molar-refractivity contribution is -0.181. The number of rotatable bonds is 4. The summed E-state index contributed by atoms with van der Waals surface area (Å²) in [6.45, 7) is -0.372. The number of carbonyl (C=O) groups is 1. The van der Waals surface area contributed by atoms with E-state index in [1.54, 1.807) is 0 Å². The molecule has 1 aliphatic heterocycles. The molecule has 10 heteroatoms. The SMILES string of the molecule is CS(=O)(=O)NC1CCN(C(=O)C(F)(F)C(F)F)CC1. The van der Waals surface area contributed by atoms with Gasteiger partial charge in [-0.1, -0.05) is 0 Å². The van der Waals surface area contributed by atoms with Crippen molar-refractivity contribution in [1.29, 1.82) is 0 Å². The van der Waals surface area contributed by atoms with Crippen molar-refractivity contribution in [1.82, 2.24) is 9.62 Å². The maximum Gasteiger partial charge on any atom is 0.383 e. The van der Waals surface area contributed by atoms with Gasteiger partial charge >= 0.3 is 12.3 Å². The molecule has 1 rings (SSSR count). The van der Waals surface area contributed by atoms with Crippen molar-refractivity contribution < 1.29 is 30.8 Å². The van der Waals surface area contributed by atoms with Crippen LogP contribution in [0.2, 0.25) is 0 Å². The molecule has 0 aromatic carbocycles. The highest BCUT2D eigenvalue weighted by molar-refractivity contribution is 7.88. The van der Waals surface area contributed by atoms with Crippen molar-refractivity contribution in [2.45, 2.75) is 31.2 Å². The van der Waals surface area contributed by atoms with E-state index in [9.17, 15) is 30.8 Å². The van der Waals surface area contributed by atoms with Gasteiger partial charge in [0.05, 0.1) is 6.26 Å². The Balaban J connectivity index is 2.57. The molecule has 0 aromatic rings. The molecule has 5 nitrogen and oxygen atoms in total. The summed E-state index contributed by atoms with van der Waals surface area (Å²) in [6, 6.07) is -0.473. The fraction of sp³-hybridized carbons (Fsp3) is 0.889. The molecule has 0 saturated carbocycles. The van der Waals surface area contributed by atoms with Gasteiger partial charge in [-0.05, 0) is 12.8 Å². The molecule has 112 valence electrons. The second kappa shape index (κ2) is 5.61. The largest absolute Gasteiger partial charge is 0.383 e. The Bertz CT molecular complexity index is 433. The van der Waals surface area contributed by atoms with Gasteiger partial charge in [-0.3, -0.25) is 4.79 Å². The minimum Gasteiger partial charge on any atom is -0.337 e. The van der Waals surface area contributed by atoms with Crippen LogP contribution in [0.1, 0.15) is 12.8 Å². The number of piperidine rings is 1. The number of alkyl halides is 4. The molecule has 1 fully saturated rings. The van der Waals surface area contributed by atoms with Crippen LogP contribution >= 0.6 is 0 Å². The Morgan fingerprint density at radius 3 is 2.16 bits per heavy atom. The van der Waals surface area contributed by atoms with E-state index >= 15 is 0 Å². The van der Waals surface area contributed by atoms with Gasteiger partial charge in [-0.2, -0.15) is 8.78 Å². The maximum atomic E-state index is 12.8. The molecule has 1 heterocycles. The smallest absolute Gasteiger partial charge is 0.337 e. The summed E-state index contributed by atoms with van der Waals surface area (Å²) in [6.07, 6.45) is -2.88. The molecule has 0 aliphatic carbocycles. The number of halogens is 4. The van der Waals surface area contributed by atoms with Gasteiger partial charge in [0.2, 0.25) is 10.0 Å². The van der Waals surface area contributed by atoms with Gasteiger partial charge < -0.3 is 4.90 Å². The zero-order valence-electron chi connectivity index (χ0n) is 10.1. The van der Waals surface area contributed by atoms with Crippen LogP contribution < -0.4 is 4.72 Å². The zero-order chi connectivity index (χ0) is 14.8. The second-order valence-electron chi connectivity index (χ2n) is 4.38. The molecule has 0 unspecified atom stereocenters. The topological polar surface area (TPSA) is 66.5 Å². The van der Waals surface area contributed by atoms with Crippen molar-refractivity contribution >= 4 is 15.9 Å². The van der Waals surface area contributed by atoms with Crippen molar-refractivity contribution in [3.63, 3.8) is 0 Å². The molecule has 0 bridgehead atoms. The van der Waals surface area contributed by atoms with E-state index in [4.69, 9.17) is 0 Å². The number of hydrogen-bond donors (Lipinski definition) is 1. The summed E-state index contributed by atoms with van der Waals surface area (Å²) >= 11 is 0. The van der Waals surface area contributed by atoms with Crippen molar-refractivity contribution in [3.05, 3.63) is 0 Å². The highest BCUT2D eigenvalue weighted by Gasteiger charge is 2.51. The van der Waals surface area contributed by atoms with Crippen molar-refractivity contribution in [2.24, 2.45) is 0 Å².